The van der Waals surface area contributed by atoms with E-state index in [0.717, 1.165) is 18.0 Å². The van der Waals surface area contributed by atoms with Gasteiger partial charge in [0.1, 0.15) is 6.54 Å². The van der Waals surface area contributed by atoms with Crippen molar-refractivity contribution in [1.82, 2.24) is 10.6 Å². The zero-order valence-electron chi connectivity index (χ0n) is 10.8. The van der Waals surface area contributed by atoms with Crippen LogP contribution in [-0.4, -0.2) is 32.1 Å². The first-order valence-electron chi connectivity index (χ1n) is 6.04. The highest BCUT2D eigenvalue weighted by Crippen LogP contribution is 1.94. The summed E-state index contributed by atoms with van der Waals surface area (Å²) >= 11 is 0. The van der Waals surface area contributed by atoms with Gasteiger partial charge in [0.25, 0.3) is 5.91 Å². The quantitative estimate of drug-likeness (QED) is 0.662. The lowest BCUT2D eigenvalue weighted by Crippen LogP contribution is -3.11. The Morgan fingerprint density at radius 2 is 1.89 bits per heavy atom. The molecule has 0 radical (unpaired) electrons. The van der Waals surface area contributed by atoms with E-state index in [1.54, 1.807) is 0 Å². The van der Waals surface area contributed by atoms with Gasteiger partial charge in [0.15, 0.2) is 6.54 Å². The standard InChI is InChI=1S/C13H19N3O2/c1-3-16(9-11-7-5-4-6-8-11)10-12(17)15-13(18)14-2/h4-8H,3,9-10H2,1-2H3,(H2,14,15,17,18)/p+1. The highest BCUT2D eigenvalue weighted by atomic mass is 16.2. The first kappa shape index (κ1) is 14.2. The molecule has 0 aromatic heterocycles. The van der Waals surface area contributed by atoms with Crippen LogP contribution in [0.15, 0.2) is 30.3 Å². The molecule has 5 heteroatoms. The molecule has 1 aromatic carbocycles. The van der Waals surface area contributed by atoms with Crippen molar-refractivity contribution in [1.29, 1.82) is 0 Å². The van der Waals surface area contributed by atoms with Crippen molar-refractivity contribution in [3.05, 3.63) is 35.9 Å². The summed E-state index contributed by atoms with van der Waals surface area (Å²) in [5.41, 5.74) is 1.18. The van der Waals surface area contributed by atoms with Crippen LogP contribution in [0.5, 0.6) is 0 Å². The molecule has 1 unspecified atom stereocenters. The topological polar surface area (TPSA) is 62.6 Å². The highest BCUT2D eigenvalue weighted by molar-refractivity contribution is 5.94. The monoisotopic (exact) mass is 250 g/mol. The lowest BCUT2D eigenvalue weighted by atomic mass is 10.2. The molecule has 5 nitrogen and oxygen atoms in total. The molecule has 18 heavy (non-hydrogen) atoms. The van der Waals surface area contributed by atoms with Crippen molar-refractivity contribution in [3.63, 3.8) is 0 Å². The second-order valence-electron chi connectivity index (χ2n) is 4.07. The van der Waals surface area contributed by atoms with Crippen LogP contribution in [0.4, 0.5) is 4.79 Å². The van der Waals surface area contributed by atoms with E-state index in [2.05, 4.69) is 10.6 Å². The van der Waals surface area contributed by atoms with Crippen molar-refractivity contribution in [2.45, 2.75) is 13.5 Å². The zero-order chi connectivity index (χ0) is 13.4. The summed E-state index contributed by atoms with van der Waals surface area (Å²) in [4.78, 5) is 23.7. The molecule has 0 fully saturated rings. The molecular formula is C13H20N3O2+. The minimum Gasteiger partial charge on any atom is -0.341 e. The van der Waals surface area contributed by atoms with Crippen LogP contribution in [0.25, 0.3) is 0 Å². The van der Waals surface area contributed by atoms with Crippen LogP contribution in [0.2, 0.25) is 0 Å². The molecule has 0 aliphatic heterocycles. The van der Waals surface area contributed by atoms with Gasteiger partial charge in [0.05, 0.1) is 6.54 Å². The second kappa shape index (κ2) is 7.45. The maximum Gasteiger partial charge on any atom is 0.321 e. The summed E-state index contributed by atoms with van der Waals surface area (Å²) in [6.07, 6.45) is 0. The van der Waals surface area contributed by atoms with Crippen LogP contribution in [0, 0.1) is 0 Å². The van der Waals surface area contributed by atoms with Gasteiger partial charge in [-0.3, -0.25) is 10.1 Å². The van der Waals surface area contributed by atoms with Crippen molar-refractivity contribution in [2.24, 2.45) is 0 Å². The van der Waals surface area contributed by atoms with Crippen molar-refractivity contribution >= 4 is 11.9 Å². The van der Waals surface area contributed by atoms with E-state index in [1.165, 1.54) is 12.6 Å². The summed E-state index contributed by atoms with van der Waals surface area (Å²) in [7, 11) is 1.48. The van der Waals surface area contributed by atoms with Crippen LogP contribution >= 0.6 is 0 Å². The van der Waals surface area contributed by atoms with E-state index in [1.807, 2.05) is 37.3 Å². The smallest absolute Gasteiger partial charge is 0.321 e. The number of carbonyl (C=O) groups excluding carboxylic acids is 2. The van der Waals surface area contributed by atoms with Crippen LogP contribution in [-0.2, 0) is 11.3 Å². The van der Waals surface area contributed by atoms with E-state index in [0.29, 0.717) is 6.54 Å². The Kier molecular flexibility index (Phi) is 5.87. The fourth-order valence-electron chi connectivity index (χ4n) is 1.66. The van der Waals surface area contributed by atoms with E-state index in [4.69, 9.17) is 0 Å². The SMILES string of the molecule is CC[NH+](CC(=O)NC(=O)NC)Cc1ccccc1. The largest absolute Gasteiger partial charge is 0.341 e. The predicted octanol–water partition coefficient (Wildman–Crippen LogP) is -0.453. The number of nitrogens with one attached hydrogen (secondary N) is 3. The summed E-state index contributed by atoms with van der Waals surface area (Å²) in [5, 5.41) is 4.63. The Morgan fingerprint density at radius 1 is 1.22 bits per heavy atom. The summed E-state index contributed by atoms with van der Waals surface area (Å²) in [6, 6.07) is 9.53. The number of benzene rings is 1. The molecule has 3 amide bonds. The van der Waals surface area contributed by atoms with Crippen LogP contribution < -0.4 is 15.5 Å². The molecular weight excluding hydrogens is 230 g/mol. The normalized spacial score (nSPS) is 11.7. The van der Waals surface area contributed by atoms with Gasteiger partial charge in [0, 0.05) is 12.6 Å². The van der Waals surface area contributed by atoms with Gasteiger partial charge < -0.3 is 10.2 Å². The predicted molar refractivity (Wildman–Crippen MR) is 69.1 cm³/mol. The van der Waals surface area contributed by atoms with Crippen LogP contribution in [0.3, 0.4) is 0 Å². The van der Waals surface area contributed by atoms with Crippen molar-refractivity contribution in [3.8, 4) is 0 Å². The Bertz CT molecular complexity index is 392. The number of carbonyl (C=O) groups is 2. The van der Waals surface area contributed by atoms with Gasteiger partial charge in [-0.05, 0) is 6.92 Å². The number of imide groups is 1. The lowest BCUT2D eigenvalue weighted by molar-refractivity contribution is -0.904. The lowest BCUT2D eigenvalue weighted by Gasteiger charge is -2.16. The minimum absolute atomic E-state index is 0.262. The third kappa shape index (κ3) is 4.97. The minimum atomic E-state index is -0.463. The molecule has 0 saturated carbocycles. The van der Waals surface area contributed by atoms with Crippen LogP contribution in [0.1, 0.15) is 12.5 Å². The maximum atomic E-state index is 11.6. The first-order chi connectivity index (χ1) is 8.65. The van der Waals surface area contributed by atoms with Gasteiger partial charge in [0.2, 0.25) is 0 Å². The Labute approximate surface area is 107 Å². The molecule has 3 N–H and O–H groups in total. The molecule has 98 valence electrons. The maximum absolute atomic E-state index is 11.6. The Balaban J connectivity index is 2.47. The first-order valence-corrected chi connectivity index (χ1v) is 6.04. The summed E-state index contributed by atoms with van der Waals surface area (Å²) < 4.78 is 0. The summed E-state index contributed by atoms with van der Waals surface area (Å²) in [6.45, 7) is 3.92. The number of amides is 3. The Morgan fingerprint density at radius 3 is 2.44 bits per heavy atom. The number of hydrogen-bond donors (Lipinski definition) is 3. The number of hydrogen-bond acceptors (Lipinski definition) is 2. The van der Waals surface area contributed by atoms with Crippen molar-refractivity contribution in [2.75, 3.05) is 20.1 Å². The van der Waals surface area contributed by atoms with Crippen molar-refractivity contribution < 1.29 is 14.5 Å². The number of quaternary nitrogens is 1. The summed E-state index contributed by atoms with van der Waals surface area (Å²) in [5.74, 6) is -0.262. The second-order valence-corrected chi connectivity index (χ2v) is 4.07. The molecule has 0 bridgehead atoms. The molecule has 0 heterocycles. The van der Waals surface area contributed by atoms with Gasteiger partial charge in [-0.1, -0.05) is 30.3 Å². The van der Waals surface area contributed by atoms with Gasteiger partial charge in [-0.25, -0.2) is 4.79 Å². The Hall–Kier alpha value is -1.88. The van der Waals surface area contributed by atoms with E-state index < -0.39 is 6.03 Å². The number of likely N-dealkylation sites (N-methyl/N-ethyl adjacent to an activating group) is 1. The molecule has 1 aromatic rings. The van der Waals surface area contributed by atoms with E-state index in [-0.39, 0.29) is 5.91 Å². The molecule has 0 saturated heterocycles. The van der Waals surface area contributed by atoms with E-state index >= 15 is 0 Å². The number of rotatable bonds is 5. The highest BCUT2D eigenvalue weighted by Gasteiger charge is 2.14. The number of urea groups is 1. The average Bonchev–Trinajstić information content (AvgIpc) is 2.38. The third-order valence-electron chi connectivity index (χ3n) is 2.69. The molecule has 1 atom stereocenters. The molecule has 0 aliphatic carbocycles. The fourth-order valence-corrected chi connectivity index (χ4v) is 1.66. The molecule has 1 rings (SSSR count). The zero-order valence-corrected chi connectivity index (χ0v) is 10.8. The van der Waals surface area contributed by atoms with Gasteiger partial charge in [-0.2, -0.15) is 0 Å². The average molecular weight is 250 g/mol. The third-order valence-corrected chi connectivity index (χ3v) is 2.69. The van der Waals surface area contributed by atoms with E-state index in [9.17, 15) is 9.59 Å². The van der Waals surface area contributed by atoms with Gasteiger partial charge >= 0.3 is 6.03 Å². The fraction of sp³-hybridized carbons (Fsp3) is 0.385. The van der Waals surface area contributed by atoms with Gasteiger partial charge in [-0.15, -0.1) is 0 Å². The molecule has 0 spiro atoms. The molecule has 0 aliphatic rings.